The van der Waals surface area contributed by atoms with Crippen LogP contribution in [0.2, 0.25) is 0 Å². The molecule has 1 aliphatic rings. The second kappa shape index (κ2) is 10.0. The van der Waals surface area contributed by atoms with Crippen LogP contribution in [0.5, 0.6) is 0 Å². The van der Waals surface area contributed by atoms with Crippen LogP contribution >= 0.6 is 11.8 Å². The number of imide groups is 1. The van der Waals surface area contributed by atoms with E-state index in [0.29, 0.717) is 16.3 Å². The molecular weight excluding hydrogens is 491 g/mol. The molecule has 0 radical (unpaired) electrons. The van der Waals surface area contributed by atoms with Crippen molar-refractivity contribution in [1.29, 1.82) is 0 Å². The average Bonchev–Trinajstić information content (AvgIpc) is 3.12. The number of hydrogen-bond acceptors (Lipinski definition) is 6. The monoisotopic (exact) mass is 508 g/mol. The van der Waals surface area contributed by atoms with Crippen LogP contribution in [0.3, 0.4) is 0 Å². The summed E-state index contributed by atoms with van der Waals surface area (Å²) in [6.07, 6.45) is -0.0241. The van der Waals surface area contributed by atoms with Gasteiger partial charge in [0.05, 0.1) is 27.6 Å². The molecule has 3 amide bonds. The molecule has 4 rings (SSSR count). The number of nitrogens with one attached hydrogen (secondary N) is 1. The van der Waals surface area contributed by atoms with Crippen molar-refractivity contribution < 1.29 is 38.6 Å². The largest absolute Gasteiger partial charge is 0.478 e. The average molecular weight is 508 g/mol. The maximum atomic E-state index is 13.2. The summed E-state index contributed by atoms with van der Waals surface area (Å²) in [5.74, 6) is -4.79. The Morgan fingerprint density at radius 1 is 0.889 bits per heavy atom. The van der Waals surface area contributed by atoms with Gasteiger partial charge in [0, 0.05) is 17.0 Å². The molecule has 11 heteroatoms. The number of carbonyl (C=O) groups is 5. The molecule has 1 unspecified atom stereocenters. The lowest BCUT2D eigenvalue weighted by Gasteiger charge is -2.15. The van der Waals surface area contributed by atoms with Crippen molar-refractivity contribution in [1.82, 2.24) is 0 Å². The normalized spacial score (nSPS) is 15.1. The summed E-state index contributed by atoms with van der Waals surface area (Å²) in [7, 11) is 0. The highest BCUT2D eigenvalue weighted by Crippen LogP contribution is 2.34. The van der Waals surface area contributed by atoms with Crippen LogP contribution in [0.25, 0.3) is 0 Å². The number of aromatic carboxylic acids is 2. The van der Waals surface area contributed by atoms with E-state index >= 15 is 0 Å². The molecule has 1 heterocycles. The third kappa shape index (κ3) is 5.10. The first kappa shape index (κ1) is 24.6. The van der Waals surface area contributed by atoms with Crippen LogP contribution < -0.4 is 10.2 Å². The van der Waals surface area contributed by atoms with Crippen LogP contribution in [-0.4, -0.2) is 45.1 Å². The Labute approximate surface area is 207 Å². The number of anilines is 2. The highest BCUT2D eigenvalue weighted by atomic mass is 32.2. The van der Waals surface area contributed by atoms with Gasteiger partial charge in [0.15, 0.2) is 0 Å². The minimum Gasteiger partial charge on any atom is -0.478 e. The predicted octanol–water partition coefficient (Wildman–Crippen LogP) is 3.90. The number of benzene rings is 3. The molecule has 3 N–H and O–H groups in total. The Bertz CT molecular complexity index is 1390. The van der Waals surface area contributed by atoms with Gasteiger partial charge in [-0.25, -0.2) is 18.9 Å². The van der Waals surface area contributed by atoms with Crippen molar-refractivity contribution in [2.45, 2.75) is 16.6 Å². The summed E-state index contributed by atoms with van der Waals surface area (Å²) >= 11 is 1.17. The lowest BCUT2D eigenvalue weighted by Crippen LogP contribution is -2.31. The standard InChI is InChI=1S/C25H17FN2O7S/c26-14-2-6-16(7-3-14)28-21(29)12-20(23(28)31)36-17-8-4-15(5-9-17)27-22(30)18-10-1-13(24(32)33)11-19(18)25(34)35/h1-11,20H,12H2,(H,27,30)(H,32,33)(H,34,35). The van der Waals surface area contributed by atoms with Gasteiger partial charge in [0.1, 0.15) is 5.82 Å². The molecule has 1 saturated heterocycles. The van der Waals surface area contributed by atoms with Gasteiger partial charge in [0.2, 0.25) is 11.8 Å². The van der Waals surface area contributed by atoms with Crippen molar-refractivity contribution in [3.8, 4) is 0 Å². The van der Waals surface area contributed by atoms with E-state index in [1.165, 1.54) is 36.0 Å². The van der Waals surface area contributed by atoms with Gasteiger partial charge < -0.3 is 15.5 Å². The maximum absolute atomic E-state index is 13.2. The molecule has 3 aromatic carbocycles. The van der Waals surface area contributed by atoms with Gasteiger partial charge in [-0.05, 0) is 66.7 Å². The quantitative estimate of drug-likeness (QED) is 0.408. The highest BCUT2D eigenvalue weighted by molar-refractivity contribution is 8.00. The van der Waals surface area contributed by atoms with Crippen molar-refractivity contribution >= 4 is 52.8 Å². The Morgan fingerprint density at radius 2 is 1.56 bits per heavy atom. The molecule has 1 aliphatic heterocycles. The number of carbonyl (C=O) groups excluding carboxylic acids is 3. The summed E-state index contributed by atoms with van der Waals surface area (Å²) in [6.45, 7) is 0. The molecular formula is C25H17FN2O7S. The number of amides is 3. The second-order valence-electron chi connectivity index (χ2n) is 7.70. The van der Waals surface area contributed by atoms with Gasteiger partial charge in [0.25, 0.3) is 5.91 Å². The summed E-state index contributed by atoms with van der Waals surface area (Å²) in [6, 6.07) is 14.6. The summed E-state index contributed by atoms with van der Waals surface area (Å²) < 4.78 is 13.2. The molecule has 0 spiro atoms. The van der Waals surface area contributed by atoms with Gasteiger partial charge in [-0.3, -0.25) is 14.4 Å². The van der Waals surface area contributed by atoms with Crippen LogP contribution in [-0.2, 0) is 9.59 Å². The van der Waals surface area contributed by atoms with Crippen LogP contribution in [0.15, 0.2) is 71.6 Å². The fourth-order valence-electron chi connectivity index (χ4n) is 3.59. The zero-order valence-corrected chi connectivity index (χ0v) is 19.1. The van der Waals surface area contributed by atoms with Crippen molar-refractivity contribution in [2.75, 3.05) is 10.2 Å². The molecule has 0 aromatic heterocycles. The summed E-state index contributed by atoms with van der Waals surface area (Å²) in [5, 5.41) is 20.3. The van der Waals surface area contributed by atoms with E-state index in [1.54, 1.807) is 24.3 Å². The first-order chi connectivity index (χ1) is 17.1. The van der Waals surface area contributed by atoms with E-state index in [2.05, 4.69) is 5.32 Å². The fraction of sp³-hybridized carbons (Fsp3) is 0.0800. The topological polar surface area (TPSA) is 141 Å². The minimum atomic E-state index is -1.44. The molecule has 1 atom stereocenters. The van der Waals surface area contributed by atoms with E-state index in [0.717, 1.165) is 23.1 Å². The molecule has 9 nitrogen and oxygen atoms in total. The number of thioether (sulfide) groups is 1. The number of nitrogens with zero attached hydrogens (tertiary/aromatic N) is 1. The van der Waals surface area contributed by atoms with Crippen LogP contribution in [0, 0.1) is 5.82 Å². The van der Waals surface area contributed by atoms with E-state index in [9.17, 15) is 33.5 Å². The first-order valence-corrected chi connectivity index (χ1v) is 11.3. The first-order valence-electron chi connectivity index (χ1n) is 10.4. The SMILES string of the molecule is O=C(O)c1ccc(C(=O)Nc2ccc(SC3CC(=O)N(c4ccc(F)cc4)C3=O)cc2)c(C(=O)O)c1. The Kier molecular flexibility index (Phi) is 6.84. The van der Waals surface area contributed by atoms with Crippen molar-refractivity contribution in [3.63, 3.8) is 0 Å². The lowest BCUT2D eigenvalue weighted by atomic mass is 10.0. The fourth-order valence-corrected chi connectivity index (χ4v) is 4.64. The molecule has 0 bridgehead atoms. The van der Waals surface area contributed by atoms with Crippen LogP contribution in [0.1, 0.15) is 37.5 Å². The van der Waals surface area contributed by atoms with Gasteiger partial charge in [-0.15, -0.1) is 11.8 Å². The Hall–Kier alpha value is -4.51. The summed E-state index contributed by atoms with van der Waals surface area (Å²) in [4.78, 5) is 62.1. The Balaban J connectivity index is 1.44. The zero-order valence-electron chi connectivity index (χ0n) is 18.3. The molecule has 182 valence electrons. The van der Waals surface area contributed by atoms with Gasteiger partial charge in [-0.2, -0.15) is 0 Å². The van der Waals surface area contributed by atoms with Crippen molar-refractivity contribution in [3.05, 3.63) is 89.2 Å². The van der Waals surface area contributed by atoms with Gasteiger partial charge in [-0.1, -0.05) is 0 Å². The van der Waals surface area contributed by atoms with E-state index in [4.69, 9.17) is 5.11 Å². The molecule has 0 aliphatic carbocycles. The van der Waals surface area contributed by atoms with Crippen molar-refractivity contribution in [2.24, 2.45) is 0 Å². The van der Waals surface area contributed by atoms with E-state index in [-0.39, 0.29) is 17.5 Å². The highest BCUT2D eigenvalue weighted by Gasteiger charge is 2.40. The number of rotatable bonds is 7. The number of hydrogen-bond donors (Lipinski definition) is 3. The summed E-state index contributed by atoms with van der Waals surface area (Å²) in [5.41, 5.74) is -0.283. The predicted molar refractivity (Wildman–Crippen MR) is 128 cm³/mol. The molecule has 36 heavy (non-hydrogen) atoms. The maximum Gasteiger partial charge on any atom is 0.336 e. The van der Waals surface area contributed by atoms with Gasteiger partial charge >= 0.3 is 11.9 Å². The smallest absolute Gasteiger partial charge is 0.336 e. The molecule has 0 saturated carbocycles. The zero-order chi connectivity index (χ0) is 26.0. The number of halogens is 1. The number of carboxylic acids is 2. The Morgan fingerprint density at radius 3 is 2.17 bits per heavy atom. The third-order valence-corrected chi connectivity index (χ3v) is 6.52. The second-order valence-corrected chi connectivity index (χ2v) is 8.98. The van der Waals surface area contributed by atoms with Crippen LogP contribution in [0.4, 0.5) is 15.8 Å². The third-order valence-electron chi connectivity index (χ3n) is 5.32. The minimum absolute atomic E-state index is 0.0241. The molecule has 1 fully saturated rings. The van der Waals surface area contributed by atoms with E-state index < -0.39 is 46.3 Å². The number of carboxylic acid groups (broad SMARTS) is 2. The molecule has 3 aromatic rings. The lowest BCUT2D eigenvalue weighted by molar-refractivity contribution is -0.121. The van der Waals surface area contributed by atoms with E-state index in [1.807, 2.05) is 0 Å².